The smallest absolute Gasteiger partial charge is 0.330 e. The highest BCUT2D eigenvalue weighted by molar-refractivity contribution is 8.00. The van der Waals surface area contributed by atoms with Crippen molar-refractivity contribution in [1.29, 1.82) is 0 Å². The Morgan fingerprint density at radius 1 is 1.70 bits per heavy atom. The van der Waals surface area contributed by atoms with E-state index in [2.05, 4.69) is 11.9 Å². The average Bonchev–Trinajstić information content (AvgIpc) is 2.43. The predicted octanol–water partition coefficient (Wildman–Crippen LogP) is -0.391. The summed E-state index contributed by atoms with van der Waals surface area (Å²) in [5, 5.41) is 11.0. The standard InChI is InChI=1S/C11H13ClN2O5S/c1-5-4-20-10-11(19-2,13-6(15)3-12)9(18)14(10)7(5)8(16)17/h7,10H,1,3-4H2,2H3,(H,13,15)(H,16,17)/t7?,10-,11?/m0/s1. The van der Waals surface area contributed by atoms with Crippen LogP contribution in [0.5, 0.6) is 0 Å². The molecule has 0 bridgehead atoms. The van der Waals surface area contributed by atoms with Gasteiger partial charge in [-0.2, -0.15) is 0 Å². The fourth-order valence-electron chi connectivity index (χ4n) is 2.33. The molecule has 0 aliphatic carbocycles. The van der Waals surface area contributed by atoms with Gasteiger partial charge in [-0.1, -0.05) is 6.58 Å². The van der Waals surface area contributed by atoms with Gasteiger partial charge in [0, 0.05) is 12.9 Å². The number of alkyl halides is 1. The first kappa shape index (κ1) is 15.1. The van der Waals surface area contributed by atoms with Gasteiger partial charge in [-0.15, -0.1) is 23.4 Å². The second kappa shape index (κ2) is 5.27. The van der Waals surface area contributed by atoms with Crippen LogP contribution in [-0.4, -0.2) is 63.7 Å². The molecule has 2 unspecified atom stereocenters. The molecule has 0 spiro atoms. The van der Waals surface area contributed by atoms with Crippen molar-refractivity contribution in [3.63, 3.8) is 0 Å². The lowest BCUT2D eigenvalue weighted by Crippen LogP contribution is -2.83. The lowest BCUT2D eigenvalue weighted by Gasteiger charge is -2.58. The molecule has 0 aromatic carbocycles. The highest BCUT2D eigenvalue weighted by Crippen LogP contribution is 2.46. The van der Waals surface area contributed by atoms with Gasteiger partial charge in [0.2, 0.25) is 5.91 Å². The van der Waals surface area contributed by atoms with Crippen molar-refractivity contribution >= 4 is 41.1 Å². The third-order valence-corrected chi connectivity index (χ3v) is 4.90. The molecule has 7 nitrogen and oxygen atoms in total. The molecule has 0 aromatic rings. The van der Waals surface area contributed by atoms with Gasteiger partial charge in [0.1, 0.15) is 11.3 Å². The van der Waals surface area contributed by atoms with Crippen LogP contribution in [0.25, 0.3) is 0 Å². The van der Waals surface area contributed by atoms with Gasteiger partial charge in [-0.05, 0) is 5.57 Å². The van der Waals surface area contributed by atoms with Crippen LogP contribution in [0.1, 0.15) is 0 Å². The van der Waals surface area contributed by atoms with Gasteiger partial charge >= 0.3 is 5.97 Å². The topological polar surface area (TPSA) is 95.9 Å². The Morgan fingerprint density at radius 3 is 2.85 bits per heavy atom. The number of halogens is 1. The molecule has 2 saturated heterocycles. The van der Waals surface area contributed by atoms with Crippen LogP contribution < -0.4 is 5.32 Å². The number of rotatable bonds is 4. The van der Waals surface area contributed by atoms with E-state index >= 15 is 0 Å². The lowest BCUT2D eigenvalue weighted by molar-refractivity contribution is -0.201. The minimum absolute atomic E-state index is 0.315. The highest BCUT2D eigenvalue weighted by atomic mass is 35.5. The Hall–Kier alpha value is -1.25. The second-order valence-electron chi connectivity index (χ2n) is 4.40. The number of amides is 2. The zero-order chi connectivity index (χ0) is 15.1. The van der Waals surface area contributed by atoms with Crippen molar-refractivity contribution in [2.24, 2.45) is 0 Å². The monoisotopic (exact) mass is 320 g/mol. The number of carboxylic acids is 1. The number of aliphatic carboxylic acids is 1. The second-order valence-corrected chi connectivity index (χ2v) is 5.73. The number of nitrogens with zero attached hydrogens (tertiary/aromatic N) is 1. The average molecular weight is 321 g/mol. The quantitative estimate of drug-likeness (QED) is 0.317. The summed E-state index contributed by atoms with van der Waals surface area (Å²) < 4.78 is 5.17. The van der Waals surface area contributed by atoms with Gasteiger partial charge < -0.3 is 20.1 Å². The molecular weight excluding hydrogens is 308 g/mol. The molecule has 0 radical (unpaired) electrons. The molecule has 9 heteroatoms. The number of nitrogens with one attached hydrogen (secondary N) is 1. The van der Waals surface area contributed by atoms with Crippen LogP contribution in [-0.2, 0) is 19.1 Å². The van der Waals surface area contributed by atoms with E-state index in [0.717, 1.165) is 4.90 Å². The van der Waals surface area contributed by atoms with Crippen LogP contribution in [0.3, 0.4) is 0 Å². The molecule has 20 heavy (non-hydrogen) atoms. The summed E-state index contributed by atoms with van der Waals surface area (Å²) >= 11 is 6.70. The molecule has 0 saturated carbocycles. The van der Waals surface area contributed by atoms with Gasteiger partial charge in [-0.25, -0.2) is 4.79 Å². The molecule has 2 rings (SSSR count). The Labute approximate surface area is 124 Å². The highest BCUT2D eigenvalue weighted by Gasteiger charge is 2.67. The van der Waals surface area contributed by atoms with Crippen LogP contribution >= 0.6 is 23.4 Å². The molecule has 0 aromatic heterocycles. The maximum Gasteiger partial charge on any atom is 0.330 e. The van der Waals surface area contributed by atoms with Crippen LogP contribution in [0.15, 0.2) is 12.2 Å². The van der Waals surface area contributed by atoms with Crippen molar-refractivity contribution in [3.8, 4) is 0 Å². The van der Waals surface area contributed by atoms with Crippen molar-refractivity contribution in [2.45, 2.75) is 17.1 Å². The van der Waals surface area contributed by atoms with E-state index in [1.165, 1.54) is 18.9 Å². The molecule has 2 N–H and O–H groups in total. The number of hydrogen-bond acceptors (Lipinski definition) is 5. The van der Waals surface area contributed by atoms with Gasteiger partial charge in [-0.3, -0.25) is 9.59 Å². The van der Waals surface area contributed by atoms with Gasteiger partial charge in [0.25, 0.3) is 11.6 Å². The summed E-state index contributed by atoms with van der Waals surface area (Å²) in [5.74, 6) is -2.26. The number of hydrogen-bond donors (Lipinski definition) is 2. The number of carbonyl (C=O) groups is 3. The first-order chi connectivity index (χ1) is 9.39. The van der Waals surface area contributed by atoms with Crippen molar-refractivity contribution in [3.05, 3.63) is 12.2 Å². The van der Waals surface area contributed by atoms with Crippen molar-refractivity contribution < 1.29 is 24.2 Å². The minimum Gasteiger partial charge on any atom is -0.479 e. The molecular formula is C11H13ClN2O5S. The van der Waals surface area contributed by atoms with Crippen LogP contribution in [0.4, 0.5) is 0 Å². The van der Waals surface area contributed by atoms with Gasteiger partial charge in [0.15, 0.2) is 6.04 Å². The molecule has 110 valence electrons. The number of carboxylic acid groups (broad SMARTS) is 1. The number of methoxy groups -OCH3 is 1. The summed E-state index contributed by atoms with van der Waals surface area (Å²) in [6, 6.07) is -1.09. The first-order valence-electron chi connectivity index (χ1n) is 5.66. The summed E-state index contributed by atoms with van der Waals surface area (Å²) in [6.07, 6.45) is 0. The largest absolute Gasteiger partial charge is 0.479 e. The molecule has 3 atom stereocenters. The molecule has 2 aliphatic rings. The van der Waals surface area contributed by atoms with E-state index in [1.54, 1.807) is 0 Å². The van der Waals surface area contributed by atoms with E-state index in [9.17, 15) is 19.5 Å². The van der Waals surface area contributed by atoms with E-state index in [0.29, 0.717) is 11.3 Å². The van der Waals surface area contributed by atoms with E-state index in [-0.39, 0.29) is 5.88 Å². The maximum absolute atomic E-state index is 12.3. The van der Waals surface area contributed by atoms with E-state index in [1.807, 2.05) is 0 Å². The zero-order valence-corrected chi connectivity index (χ0v) is 12.2. The Morgan fingerprint density at radius 2 is 2.35 bits per heavy atom. The predicted molar refractivity (Wildman–Crippen MR) is 72.3 cm³/mol. The molecule has 2 aliphatic heterocycles. The lowest BCUT2D eigenvalue weighted by atomic mass is 9.95. The summed E-state index contributed by atoms with van der Waals surface area (Å²) in [5.41, 5.74) is -1.12. The van der Waals surface area contributed by atoms with Crippen LogP contribution in [0, 0.1) is 0 Å². The number of ether oxygens (including phenoxy) is 1. The zero-order valence-electron chi connectivity index (χ0n) is 10.6. The minimum atomic E-state index is -1.55. The van der Waals surface area contributed by atoms with E-state index < -0.39 is 34.9 Å². The third kappa shape index (κ3) is 1.99. The normalized spacial score (nSPS) is 32.4. The molecule has 2 fully saturated rings. The fraction of sp³-hybridized carbons (Fsp3) is 0.545. The number of carbonyl (C=O) groups excluding carboxylic acids is 2. The number of fused-ring (bicyclic) bond motifs is 1. The summed E-state index contributed by atoms with van der Waals surface area (Å²) in [7, 11) is 1.28. The molecule has 2 heterocycles. The Bertz CT molecular complexity index is 499. The van der Waals surface area contributed by atoms with Crippen molar-refractivity contribution in [2.75, 3.05) is 18.7 Å². The number of thioether (sulfide) groups is 1. The van der Waals surface area contributed by atoms with E-state index in [4.69, 9.17) is 16.3 Å². The SMILES string of the molecule is C=C1CS[C@@H]2N(C(=O)C2(NC(=O)CCl)OC)C1C(=O)O. The number of β-lactam (4-membered cyclic amide) rings is 1. The molecule has 2 amide bonds. The Balaban J connectivity index is 2.29. The first-order valence-corrected chi connectivity index (χ1v) is 7.24. The maximum atomic E-state index is 12.3. The van der Waals surface area contributed by atoms with Gasteiger partial charge in [0.05, 0.1) is 0 Å². The van der Waals surface area contributed by atoms with Crippen LogP contribution in [0.2, 0.25) is 0 Å². The van der Waals surface area contributed by atoms with Crippen molar-refractivity contribution in [1.82, 2.24) is 10.2 Å². The third-order valence-electron chi connectivity index (χ3n) is 3.25. The Kier molecular flexibility index (Phi) is 3.99. The summed E-state index contributed by atoms with van der Waals surface area (Å²) in [6.45, 7) is 3.68. The fourth-order valence-corrected chi connectivity index (χ4v) is 3.80. The summed E-state index contributed by atoms with van der Waals surface area (Å²) in [4.78, 5) is 36.2.